The van der Waals surface area contributed by atoms with Crippen LogP contribution in [0, 0.1) is 5.82 Å². The number of aromatic nitrogens is 2. The van der Waals surface area contributed by atoms with Crippen LogP contribution in [0.25, 0.3) is 10.9 Å². The number of carbonyl (C=O) groups excluding carboxylic acids is 1. The maximum Gasteiger partial charge on any atom is 0.323 e. The number of nitrogens with one attached hydrogen (secondary N) is 3. The Kier molecular flexibility index (Phi) is 6.94. The molecule has 1 heterocycles. The smallest absolute Gasteiger partial charge is 0.323 e. The topological polar surface area (TPSA) is 88.2 Å². The summed E-state index contributed by atoms with van der Waals surface area (Å²) in [5.74, 6) is 0.360. The van der Waals surface area contributed by atoms with Crippen molar-refractivity contribution in [2.24, 2.45) is 0 Å². The van der Waals surface area contributed by atoms with Crippen molar-refractivity contribution in [3.63, 3.8) is 0 Å². The van der Waals surface area contributed by atoms with E-state index in [9.17, 15) is 9.18 Å². The molecule has 0 unspecified atom stereocenters. The maximum atomic E-state index is 14.1. The van der Waals surface area contributed by atoms with Crippen molar-refractivity contribution in [3.05, 3.63) is 84.4 Å². The third-order valence-corrected chi connectivity index (χ3v) is 4.94. The third-order valence-electron chi connectivity index (χ3n) is 4.94. The summed E-state index contributed by atoms with van der Waals surface area (Å²) in [6.45, 7) is 2.80. The highest BCUT2D eigenvalue weighted by Gasteiger charge is 2.10. The molecule has 0 fully saturated rings. The largest absolute Gasteiger partial charge is 0.491 e. The highest BCUT2D eigenvalue weighted by Crippen LogP contribution is 2.27. The van der Waals surface area contributed by atoms with Gasteiger partial charge in [0.05, 0.1) is 12.1 Å². The van der Waals surface area contributed by atoms with Crippen LogP contribution in [0.1, 0.15) is 12.5 Å². The lowest BCUT2D eigenvalue weighted by Gasteiger charge is -2.11. The van der Waals surface area contributed by atoms with Gasteiger partial charge in [-0.1, -0.05) is 30.3 Å². The number of nitrogens with zero attached hydrogens (tertiary/aromatic N) is 2. The number of halogens is 1. The highest BCUT2D eigenvalue weighted by molar-refractivity contribution is 5.99. The Morgan fingerprint density at radius 1 is 0.970 bits per heavy atom. The number of hydrogen-bond donors (Lipinski definition) is 3. The zero-order chi connectivity index (χ0) is 23.0. The summed E-state index contributed by atoms with van der Waals surface area (Å²) in [5.41, 5.74) is 3.03. The SMILES string of the molecule is CCOc1cc2c(NCCc3ccc(NC(=O)Nc4ccccc4)cc3)ncnc2cc1F. The molecule has 4 aromatic rings. The molecule has 33 heavy (non-hydrogen) atoms. The zero-order valence-electron chi connectivity index (χ0n) is 18.1. The molecule has 0 atom stereocenters. The van der Waals surface area contributed by atoms with E-state index in [1.165, 1.54) is 12.4 Å². The van der Waals surface area contributed by atoms with E-state index >= 15 is 0 Å². The first-order chi connectivity index (χ1) is 16.1. The van der Waals surface area contributed by atoms with E-state index in [2.05, 4.69) is 25.9 Å². The summed E-state index contributed by atoms with van der Waals surface area (Å²) in [4.78, 5) is 20.6. The fourth-order valence-electron chi connectivity index (χ4n) is 3.36. The lowest BCUT2D eigenvalue weighted by molar-refractivity contribution is 0.262. The average Bonchev–Trinajstić information content (AvgIpc) is 2.82. The first-order valence-electron chi connectivity index (χ1n) is 10.7. The summed E-state index contributed by atoms with van der Waals surface area (Å²) >= 11 is 0. The summed E-state index contributed by atoms with van der Waals surface area (Å²) in [6.07, 6.45) is 2.15. The molecule has 8 heteroatoms. The van der Waals surface area contributed by atoms with Crippen LogP contribution in [0.5, 0.6) is 5.75 Å². The number of carbonyl (C=O) groups is 1. The summed E-state index contributed by atoms with van der Waals surface area (Å²) in [7, 11) is 0. The number of amides is 2. The van der Waals surface area contributed by atoms with E-state index < -0.39 is 5.82 Å². The van der Waals surface area contributed by atoms with E-state index in [1.807, 2.05) is 54.6 Å². The van der Waals surface area contributed by atoms with Crippen molar-refractivity contribution in [3.8, 4) is 5.75 Å². The van der Waals surface area contributed by atoms with E-state index in [1.54, 1.807) is 13.0 Å². The molecule has 3 aromatic carbocycles. The van der Waals surface area contributed by atoms with Crippen molar-refractivity contribution in [1.82, 2.24) is 9.97 Å². The zero-order valence-corrected chi connectivity index (χ0v) is 18.1. The molecular weight excluding hydrogens is 421 g/mol. The van der Waals surface area contributed by atoms with Crippen molar-refractivity contribution < 1.29 is 13.9 Å². The minimum atomic E-state index is -0.444. The molecule has 0 aliphatic heterocycles. The molecule has 168 valence electrons. The molecule has 2 amide bonds. The van der Waals surface area contributed by atoms with Crippen LogP contribution in [0.4, 0.5) is 26.4 Å². The van der Waals surface area contributed by atoms with Crippen molar-refractivity contribution in [2.75, 3.05) is 29.1 Å². The van der Waals surface area contributed by atoms with Gasteiger partial charge in [-0.25, -0.2) is 19.2 Å². The minimum absolute atomic E-state index is 0.183. The number of para-hydroxylation sites is 1. The van der Waals surface area contributed by atoms with Crippen LogP contribution in [0.15, 0.2) is 73.1 Å². The van der Waals surface area contributed by atoms with Gasteiger partial charge in [-0.15, -0.1) is 0 Å². The van der Waals surface area contributed by atoms with Gasteiger partial charge < -0.3 is 20.7 Å². The Bertz CT molecular complexity index is 1230. The van der Waals surface area contributed by atoms with Crippen LogP contribution in [-0.2, 0) is 6.42 Å². The molecule has 0 radical (unpaired) electrons. The van der Waals surface area contributed by atoms with Crippen molar-refractivity contribution in [2.45, 2.75) is 13.3 Å². The standard InChI is InChI=1S/C25H24FN5O2/c1-2-33-23-14-20-22(15-21(23)26)28-16-29-24(20)27-13-12-17-8-10-19(11-9-17)31-25(32)30-18-6-4-3-5-7-18/h3-11,14-16H,2,12-13H2,1H3,(H,27,28,29)(H2,30,31,32). The summed E-state index contributed by atoms with van der Waals surface area (Å²) in [6, 6.07) is 19.6. The first-order valence-corrected chi connectivity index (χ1v) is 10.7. The van der Waals surface area contributed by atoms with E-state index in [4.69, 9.17) is 4.74 Å². The second-order valence-corrected chi connectivity index (χ2v) is 7.27. The van der Waals surface area contributed by atoms with Crippen LogP contribution < -0.4 is 20.7 Å². The minimum Gasteiger partial charge on any atom is -0.491 e. The second kappa shape index (κ2) is 10.4. The quantitative estimate of drug-likeness (QED) is 0.335. The molecular formula is C25H24FN5O2. The molecule has 0 saturated carbocycles. The number of ether oxygens (including phenoxy) is 1. The van der Waals surface area contributed by atoms with E-state index in [0.29, 0.717) is 35.6 Å². The van der Waals surface area contributed by atoms with Gasteiger partial charge in [0.25, 0.3) is 0 Å². The lowest BCUT2D eigenvalue weighted by atomic mass is 10.1. The van der Waals surface area contributed by atoms with Gasteiger partial charge in [-0.3, -0.25) is 0 Å². The Hall–Kier alpha value is -4.20. The fraction of sp³-hybridized carbons (Fsp3) is 0.160. The molecule has 0 saturated heterocycles. The van der Waals surface area contributed by atoms with Gasteiger partial charge in [0.15, 0.2) is 11.6 Å². The molecule has 0 aliphatic rings. The molecule has 7 nitrogen and oxygen atoms in total. The Morgan fingerprint density at radius 3 is 2.42 bits per heavy atom. The molecule has 3 N–H and O–H groups in total. The highest BCUT2D eigenvalue weighted by atomic mass is 19.1. The van der Waals surface area contributed by atoms with E-state index in [-0.39, 0.29) is 11.8 Å². The van der Waals surface area contributed by atoms with Gasteiger partial charge in [-0.2, -0.15) is 0 Å². The Balaban J connectivity index is 1.34. The third kappa shape index (κ3) is 5.74. The van der Waals surface area contributed by atoms with Crippen LogP contribution in [-0.4, -0.2) is 29.2 Å². The van der Waals surface area contributed by atoms with E-state index in [0.717, 1.165) is 17.7 Å². The van der Waals surface area contributed by atoms with Crippen molar-refractivity contribution in [1.29, 1.82) is 0 Å². The molecule has 0 spiro atoms. The number of urea groups is 1. The Labute approximate surface area is 191 Å². The van der Waals surface area contributed by atoms with Gasteiger partial charge in [-0.05, 0) is 49.2 Å². The van der Waals surface area contributed by atoms with Crippen molar-refractivity contribution >= 4 is 34.1 Å². The summed E-state index contributed by atoms with van der Waals surface area (Å²) in [5, 5.41) is 9.59. The van der Waals surface area contributed by atoms with Gasteiger partial charge in [0.2, 0.25) is 0 Å². The number of fused-ring (bicyclic) bond motifs is 1. The number of hydrogen-bond acceptors (Lipinski definition) is 5. The molecule has 0 aliphatic carbocycles. The van der Waals surface area contributed by atoms with Gasteiger partial charge in [0, 0.05) is 29.4 Å². The fourth-order valence-corrected chi connectivity index (χ4v) is 3.36. The first kappa shape index (κ1) is 22.0. The summed E-state index contributed by atoms with van der Waals surface area (Å²) < 4.78 is 19.4. The van der Waals surface area contributed by atoms with Gasteiger partial charge >= 0.3 is 6.03 Å². The predicted molar refractivity (Wildman–Crippen MR) is 128 cm³/mol. The second-order valence-electron chi connectivity index (χ2n) is 7.27. The average molecular weight is 445 g/mol. The Morgan fingerprint density at radius 2 is 1.70 bits per heavy atom. The van der Waals surface area contributed by atoms with Crippen LogP contribution in [0.2, 0.25) is 0 Å². The van der Waals surface area contributed by atoms with Gasteiger partial charge in [0.1, 0.15) is 12.1 Å². The maximum absolute atomic E-state index is 14.1. The molecule has 4 rings (SSSR count). The lowest BCUT2D eigenvalue weighted by Crippen LogP contribution is -2.19. The molecule has 1 aromatic heterocycles. The normalized spacial score (nSPS) is 10.6. The number of rotatable bonds is 8. The predicted octanol–water partition coefficient (Wildman–Crippen LogP) is 5.47. The number of benzene rings is 3. The van der Waals surface area contributed by atoms with Crippen LogP contribution in [0.3, 0.4) is 0 Å². The number of anilines is 3. The molecule has 0 bridgehead atoms. The van der Waals surface area contributed by atoms with Crippen LogP contribution >= 0.6 is 0 Å². The monoisotopic (exact) mass is 445 g/mol.